The van der Waals surface area contributed by atoms with Crippen LogP contribution in [0.5, 0.6) is 0 Å². The monoisotopic (exact) mass is 518 g/mol. The van der Waals surface area contributed by atoms with Gasteiger partial charge in [-0.05, 0) is 70.7 Å². The molecule has 0 saturated heterocycles. The first kappa shape index (κ1) is 24.1. The first-order chi connectivity index (χ1) is 13.9. The van der Waals surface area contributed by atoms with Crippen molar-refractivity contribution in [3.8, 4) is 0 Å². The molecule has 168 valence electrons. The Kier molecular flexibility index (Phi) is 7.32. The van der Waals surface area contributed by atoms with Crippen LogP contribution in [0.3, 0.4) is 0 Å². The summed E-state index contributed by atoms with van der Waals surface area (Å²) in [5.41, 5.74) is 0. The maximum Gasteiger partial charge on any atom is 0.248 e. The van der Waals surface area contributed by atoms with Crippen LogP contribution in [0.15, 0.2) is 34.6 Å². The molecule has 2 atom stereocenters. The molecule has 0 aliphatic heterocycles. The van der Waals surface area contributed by atoms with Crippen LogP contribution in [-0.2, 0) is 4.43 Å². The minimum absolute atomic E-state index is 0.0343. The van der Waals surface area contributed by atoms with Gasteiger partial charge in [-0.1, -0.05) is 20.8 Å². The molecule has 30 heavy (non-hydrogen) atoms. The van der Waals surface area contributed by atoms with Gasteiger partial charge >= 0.3 is 0 Å². The van der Waals surface area contributed by atoms with E-state index in [0.717, 1.165) is 10.9 Å². The molecule has 0 amide bonds. The second-order valence-corrected chi connectivity index (χ2v) is 16.6. The van der Waals surface area contributed by atoms with E-state index in [1.807, 2.05) is 12.5 Å². The van der Waals surface area contributed by atoms with Crippen molar-refractivity contribution in [2.45, 2.75) is 89.1 Å². The highest BCUT2D eigenvalue weighted by atomic mass is 79.9. The smallest absolute Gasteiger partial charge is 0.248 e. The third-order valence-corrected chi connectivity index (χ3v) is 13.3. The van der Waals surface area contributed by atoms with Gasteiger partial charge in [0.15, 0.2) is 8.32 Å². The van der Waals surface area contributed by atoms with Gasteiger partial charge in [-0.2, -0.15) is 0 Å². The second-order valence-electron chi connectivity index (χ2n) is 10.0. The number of aromatic nitrogens is 2. The molecule has 1 aliphatic carbocycles. The predicted octanol–water partition coefficient (Wildman–Crippen LogP) is 7.90. The molecule has 0 N–H and O–H groups in total. The van der Waals surface area contributed by atoms with E-state index in [2.05, 4.69) is 70.8 Å². The first-order valence-corrected chi connectivity index (χ1v) is 15.2. The summed E-state index contributed by atoms with van der Waals surface area (Å²) in [6, 6.07) is 2.13. The van der Waals surface area contributed by atoms with Crippen LogP contribution in [-0.4, -0.2) is 29.9 Å². The number of halogens is 3. The predicted molar refractivity (Wildman–Crippen MR) is 126 cm³/mol. The van der Waals surface area contributed by atoms with E-state index in [1.165, 1.54) is 4.88 Å². The topological polar surface area (TPSA) is 27.1 Å². The number of hydrogen-bond donors (Lipinski definition) is 0. The molecule has 0 radical (unpaired) electrons. The van der Waals surface area contributed by atoms with E-state index in [1.54, 1.807) is 17.5 Å². The number of hydrogen-bond acceptors (Lipinski definition) is 3. The Balaban J connectivity index is 1.91. The van der Waals surface area contributed by atoms with Gasteiger partial charge in [-0.15, -0.1) is 11.3 Å². The minimum atomic E-state index is -2.53. The van der Waals surface area contributed by atoms with Crippen LogP contribution in [0.25, 0.3) is 0 Å². The Morgan fingerprint density at radius 2 is 2.00 bits per heavy atom. The number of nitrogens with zero attached hydrogens (tertiary/aromatic N) is 2. The van der Waals surface area contributed by atoms with E-state index >= 15 is 0 Å². The number of alkyl halides is 2. The molecule has 2 aromatic heterocycles. The van der Waals surface area contributed by atoms with E-state index < -0.39 is 14.2 Å². The van der Waals surface area contributed by atoms with Crippen molar-refractivity contribution in [3.63, 3.8) is 0 Å². The zero-order chi connectivity index (χ0) is 22.2. The standard InChI is InChI=1S/C22H33BrF2N2OSSi/c1-21(2,3)30(4,5)28-19(16-6-9-22(24,25)10-7-16)14-18(27-12-11-26-15-27)20-17(23)8-13-29-20/h8,11-13,15-16,18-19H,6-7,9-10,14H2,1-5H3/t18?,19-/m0/s1. The third-order valence-electron chi connectivity index (χ3n) is 6.83. The van der Waals surface area contributed by atoms with Crippen molar-refractivity contribution in [1.82, 2.24) is 9.55 Å². The zero-order valence-corrected chi connectivity index (χ0v) is 21.9. The van der Waals surface area contributed by atoms with Gasteiger partial charge < -0.3 is 8.99 Å². The Hall–Kier alpha value is -0.573. The summed E-state index contributed by atoms with van der Waals surface area (Å²) in [4.78, 5) is 5.48. The molecule has 2 heterocycles. The highest BCUT2D eigenvalue weighted by Gasteiger charge is 2.44. The van der Waals surface area contributed by atoms with Crippen LogP contribution < -0.4 is 0 Å². The summed E-state index contributed by atoms with van der Waals surface area (Å²) in [5, 5.41) is 2.14. The number of rotatable bonds is 7. The molecule has 8 heteroatoms. The second kappa shape index (κ2) is 9.12. The van der Waals surface area contributed by atoms with Gasteiger partial charge in [0.05, 0.1) is 18.5 Å². The number of imidazole rings is 1. The van der Waals surface area contributed by atoms with E-state index in [9.17, 15) is 8.78 Å². The van der Waals surface area contributed by atoms with Crippen LogP contribution in [0.4, 0.5) is 8.78 Å². The summed E-state index contributed by atoms with van der Waals surface area (Å²) in [5.74, 6) is -2.37. The lowest BCUT2D eigenvalue weighted by Gasteiger charge is -2.44. The molecular formula is C22H33BrF2N2OSSi. The van der Waals surface area contributed by atoms with Crippen molar-refractivity contribution in [3.05, 3.63) is 39.5 Å². The summed E-state index contributed by atoms with van der Waals surface area (Å²) in [7, 11) is -2.06. The van der Waals surface area contributed by atoms with Crippen LogP contribution >= 0.6 is 27.3 Å². The maximum absolute atomic E-state index is 13.9. The first-order valence-electron chi connectivity index (χ1n) is 10.7. The minimum Gasteiger partial charge on any atom is -0.414 e. The summed E-state index contributed by atoms with van der Waals surface area (Å²) < 4.78 is 37.9. The molecule has 0 spiro atoms. The Morgan fingerprint density at radius 3 is 2.50 bits per heavy atom. The highest BCUT2D eigenvalue weighted by Crippen LogP contribution is 2.45. The van der Waals surface area contributed by atoms with Crippen molar-refractivity contribution in [2.24, 2.45) is 5.92 Å². The van der Waals surface area contributed by atoms with Crippen molar-refractivity contribution in [1.29, 1.82) is 0 Å². The fraction of sp³-hybridized carbons (Fsp3) is 0.682. The third kappa shape index (κ3) is 5.61. The molecular weight excluding hydrogens is 486 g/mol. The van der Waals surface area contributed by atoms with Crippen molar-refractivity contribution in [2.75, 3.05) is 0 Å². The van der Waals surface area contributed by atoms with Gasteiger partial charge in [0.25, 0.3) is 0 Å². The van der Waals surface area contributed by atoms with Crippen molar-refractivity contribution >= 4 is 35.6 Å². The van der Waals surface area contributed by atoms with E-state index in [-0.39, 0.29) is 35.9 Å². The van der Waals surface area contributed by atoms with Crippen LogP contribution in [0.2, 0.25) is 18.1 Å². The molecule has 3 nitrogen and oxygen atoms in total. The SMILES string of the molecule is CC(C)(C)[Si](C)(C)O[C@@H](CC(c1sccc1Br)n1ccnc1)C1CCC(F)(F)CC1. The van der Waals surface area contributed by atoms with E-state index in [0.29, 0.717) is 12.8 Å². The average molecular weight is 520 g/mol. The highest BCUT2D eigenvalue weighted by molar-refractivity contribution is 9.10. The molecule has 1 unspecified atom stereocenters. The van der Waals surface area contributed by atoms with Gasteiger partial charge in [-0.3, -0.25) is 0 Å². The maximum atomic E-state index is 13.9. The Morgan fingerprint density at radius 1 is 1.33 bits per heavy atom. The molecule has 1 aliphatic rings. The quantitative estimate of drug-likeness (QED) is 0.348. The van der Waals surface area contributed by atoms with Crippen molar-refractivity contribution < 1.29 is 13.2 Å². The summed E-state index contributed by atoms with van der Waals surface area (Å²) >= 11 is 5.40. The lowest BCUT2D eigenvalue weighted by Crippen LogP contribution is -2.47. The molecule has 1 saturated carbocycles. The van der Waals surface area contributed by atoms with Gasteiger partial charge in [0.2, 0.25) is 5.92 Å². The fourth-order valence-corrected chi connectivity index (χ4v) is 7.06. The average Bonchev–Trinajstić information content (AvgIpc) is 3.29. The normalized spacial score (nSPS) is 20.3. The van der Waals surface area contributed by atoms with Gasteiger partial charge in [-0.25, -0.2) is 13.8 Å². The summed E-state index contributed by atoms with van der Waals surface area (Å²) in [6.07, 6.45) is 7.30. The van der Waals surface area contributed by atoms with Gasteiger partial charge in [0.1, 0.15) is 0 Å². The van der Waals surface area contributed by atoms with E-state index in [4.69, 9.17) is 4.43 Å². The molecule has 0 aromatic carbocycles. The lowest BCUT2D eigenvalue weighted by molar-refractivity contribution is -0.0621. The van der Waals surface area contributed by atoms with Crippen LogP contribution in [0, 0.1) is 5.92 Å². The lowest BCUT2D eigenvalue weighted by atomic mass is 9.81. The Bertz CT molecular complexity index is 809. The Labute approximate surface area is 192 Å². The fourth-order valence-electron chi connectivity index (χ4n) is 3.91. The van der Waals surface area contributed by atoms with Gasteiger partial charge in [0, 0.05) is 34.6 Å². The largest absolute Gasteiger partial charge is 0.414 e. The molecule has 1 fully saturated rings. The van der Waals surface area contributed by atoms with Crippen LogP contribution in [0.1, 0.15) is 63.8 Å². The summed E-state index contributed by atoms with van der Waals surface area (Å²) in [6.45, 7) is 11.2. The molecule has 0 bridgehead atoms. The number of thiophene rings is 1. The molecule has 2 aromatic rings. The molecule has 3 rings (SSSR count). The zero-order valence-electron chi connectivity index (χ0n) is 18.5.